The number of aromatic hydroxyl groups is 2. The van der Waals surface area contributed by atoms with Gasteiger partial charge in [-0.25, -0.2) is 4.79 Å². The fourth-order valence-electron chi connectivity index (χ4n) is 2.77. The van der Waals surface area contributed by atoms with E-state index in [1.165, 1.54) is 42.5 Å². The van der Waals surface area contributed by atoms with E-state index in [9.17, 15) is 30.3 Å². The molecule has 1 heterocycles. The molecule has 0 spiro atoms. The Morgan fingerprint density at radius 3 is 2.13 bits per heavy atom. The maximum Gasteiger partial charge on any atom is 0.330 e. The van der Waals surface area contributed by atoms with Crippen LogP contribution < -0.4 is 4.74 Å². The molecule has 0 amide bonds. The predicted octanol–water partition coefficient (Wildman–Crippen LogP) is 0.541. The van der Waals surface area contributed by atoms with Gasteiger partial charge in [0.2, 0.25) is 6.29 Å². The number of phenolic OH excluding ortho intramolecular Hbond substituents is 2. The van der Waals surface area contributed by atoms with Crippen LogP contribution in [0.3, 0.4) is 0 Å². The Bertz CT molecular complexity index is 863. The number of benzene rings is 2. The van der Waals surface area contributed by atoms with Gasteiger partial charge in [-0.15, -0.1) is 0 Å². The minimum absolute atomic E-state index is 0.0214. The zero-order valence-corrected chi connectivity index (χ0v) is 15.7. The lowest BCUT2D eigenvalue weighted by Crippen LogP contribution is -2.60. The van der Waals surface area contributed by atoms with E-state index in [0.29, 0.717) is 5.56 Å². The third-order valence-corrected chi connectivity index (χ3v) is 4.45. The molecule has 2 aromatic carbocycles. The van der Waals surface area contributed by atoms with Crippen LogP contribution in [-0.2, 0) is 14.3 Å². The molecule has 0 unspecified atom stereocenters. The second kappa shape index (κ2) is 9.59. The van der Waals surface area contributed by atoms with Crippen LogP contribution in [0.5, 0.6) is 17.2 Å². The van der Waals surface area contributed by atoms with Crippen LogP contribution in [0.2, 0.25) is 0 Å². The molecule has 5 N–H and O–H groups in total. The molecule has 0 aliphatic carbocycles. The van der Waals surface area contributed by atoms with Crippen LogP contribution in [0, 0.1) is 0 Å². The lowest BCUT2D eigenvalue weighted by molar-refractivity contribution is -0.278. The summed E-state index contributed by atoms with van der Waals surface area (Å²) in [5.74, 6) is -0.334. The van der Waals surface area contributed by atoms with E-state index < -0.39 is 36.7 Å². The van der Waals surface area contributed by atoms with Crippen molar-refractivity contribution in [1.82, 2.24) is 0 Å². The Labute approximate surface area is 172 Å². The van der Waals surface area contributed by atoms with Crippen molar-refractivity contribution >= 4 is 12.0 Å². The highest BCUT2D eigenvalue weighted by molar-refractivity contribution is 5.87. The monoisotopic (exact) mass is 418 g/mol. The first-order valence-electron chi connectivity index (χ1n) is 9.12. The van der Waals surface area contributed by atoms with Crippen molar-refractivity contribution in [2.45, 2.75) is 30.7 Å². The van der Waals surface area contributed by atoms with E-state index in [4.69, 9.17) is 14.2 Å². The number of carbonyl (C=O) groups excluding carboxylic acids is 1. The molecule has 1 fully saturated rings. The minimum Gasteiger partial charge on any atom is -0.508 e. The summed E-state index contributed by atoms with van der Waals surface area (Å²) in [4.78, 5) is 11.9. The molecular weight excluding hydrogens is 396 g/mol. The normalized spacial score (nSPS) is 26.4. The summed E-state index contributed by atoms with van der Waals surface area (Å²) in [5.41, 5.74) is 0.666. The van der Waals surface area contributed by atoms with Crippen molar-refractivity contribution in [2.24, 2.45) is 0 Å². The summed E-state index contributed by atoms with van der Waals surface area (Å²) >= 11 is 0. The second-order valence-corrected chi connectivity index (χ2v) is 6.68. The number of rotatable bonds is 6. The highest BCUT2D eigenvalue weighted by Crippen LogP contribution is 2.25. The smallest absolute Gasteiger partial charge is 0.330 e. The SMILES string of the molecule is O=C(C=Cc1ccc(O)cc1)OC[C@H]1O[C@@H](Oc2ccc(O)cc2)[C@H](O)[C@@H](O)[C@@H]1O. The van der Waals surface area contributed by atoms with Crippen LogP contribution in [0.4, 0.5) is 0 Å². The fraction of sp³-hybridized carbons (Fsp3) is 0.286. The van der Waals surface area contributed by atoms with E-state index in [2.05, 4.69) is 0 Å². The van der Waals surface area contributed by atoms with Gasteiger partial charge < -0.3 is 39.7 Å². The summed E-state index contributed by atoms with van der Waals surface area (Å²) in [5, 5.41) is 48.8. The molecule has 9 nitrogen and oxygen atoms in total. The lowest BCUT2D eigenvalue weighted by Gasteiger charge is -2.39. The van der Waals surface area contributed by atoms with Gasteiger partial charge in [0, 0.05) is 6.08 Å². The Kier molecular flexibility index (Phi) is 6.91. The molecule has 1 saturated heterocycles. The molecule has 9 heteroatoms. The zero-order chi connectivity index (χ0) is 21.7. The van der Waals surface area contributed by atoms with E-state index >= 15 is 0 Å². The average molecular weight is 418 g/mol. The summed E-state index contributed by atoms with van der Waals surface area (Å²) in [7, 11) is 0. The van der Waals surface area contributed by atoms with Gasteiger partial charge in [-0.2, -0.15) is 0 Å². The van der Waals surface area contributed by atoms with Gasteiger partial charge in [-0.1, -0.05) is 12.1 Å². The average Bonchev–Trinajstić information content (AvgIpc) is 2.74. The molecule has 3 rings (SSSR count). The molecule has 30 heavy (non-hydrogen) atoms. The maximum absolute atomic E-state index is 11.9. The number of aliphatic hydroxyl groups is 3. The van der Waals surface area contributed by atoms with Gasteiger partial charge in [0.05, 0.1) is 0 Å². The molecule has 0 saturated carbocycles. The largest absolute Gasteiger partial charge is 0.508 e. The third-order valence-electron chi connectivity index (χ3n) is 4.45. The Morgan fingerprint density at radius 1 is 0.900 bits per heavy atom. The number of hydrogen-bond acceptors (Lipinski definition) is 9. The highest BCUT2D eigenvalue weighted by atomic mass is 16.7. The number of ether oxygens (including phenoxy) is 3. The maximum atomic E-state index is 11.9. The van der Waals surface area contributed by atoms with Gasteiger partial charge in [-0.3, -0.25) is 0 Å². The number of carbonyl (C=O) groups is 1. The summed E-state index contributed by atoms with van der Waals surface area (Å²) < 4.78 is 16.0. The standard InChI is InChI=1S/C21H22O9/c22-13-4-1-12(2-5-13)3-10-17(24)28-11-16-18(25)19(26)20(27)21(30-16)29-15-8-6-14(23)7-9-15/h1-10,16,18-23,25-27H,11H2/t16-,18-,19+,20-,21-/m1/s1. The van der Waals surface area contributed by atoms with Crippen molar-refractivity contribution in [1.29, 1.82) is 0 Å². The molecule has 2 aromatic rings. The second-order valence-electron chi connectivity index (χ2n) is 6.68. The first-order chi connectivity index (χ1) is 14.3. The van der Waals surface area contributed by atoms with E-state index in [-0.39, 0.29) is 23.9 Å². The van der Waals surface area contributed by atoms with Gasteiger partial charge in [0.15, 0.2) is 0 Å². The van der Waals surface area contributed by atoms with Crippen LogP contribution in [0.15, 0.2) is 54.6 Å². The fourth-order valence-corrected chi connectivity index (χ4v) is 2.77. The summed E-state index contributed by atoms with van der Waals surface area (Å²) in [6, 6.07) is 11.8. The van der Waals surface area contributed by atoms with E-state index in [0.717, 1.165) is 6.08 Å². The first-order valence-corrected chi connectivity index (χ1v) is 9.12. The van der Waals surface area contributed by atoms with Gasteiger partial charge in [0.25, 0.3) is 0 Å². The van der Waals surface area contributed by atoms with Gasteiger partial charge >= 0.3 is 5.97 Å². The number of phenols is 2. The van der Waals surface area contributed by atoms with E-state index in [1.807, 2.05) is 0 Å². The van der Waals surface area contributed by atoms with Crippen LogP contribution in [0.1, 0.15) is 5.56 Å². The van der Waals surface area contributed by atoms with Gasteiger partial charge in [-0.05, 0) is 48.0 Å². The number of esters is 1. The van der Waals surface area contributed by atoms with Gasteiger partial charge in [0.1, 0.15) is 48.3 Å². The van der Waals surface area contributed by atoms with Crippen molar-refractivity contribution in [3.05, 3.63) is 60.2 Å². The molecule has 5 atom stereocenters. The molecule has 0 radical (unpaired) electrons. The zero-order valence-electron chi connectivity index (χ0n) is 15.7. The van der Waals surface area contributed by atoms with E-state index in [1.54, 1.807) is 12.1 Å². The minimum atomic E-state index is -1.59. The third kappa shape index (κ3) is 5.49. The highest BCUT2D eigenvalue weighted by Gasteiger charge is 2.45. The summed E-state index contributed by atoms with van der Waals surface area (Å²) in [6.45, 7) is -0.390. The quantitative estimate of drug-likeness (QED) is 0.335. The molecule has 160 valence electrons. The van der Waals surface area contributed by atoms with Crippen molar-refractivity contribution < 1.29 is 44.5 Å². The Morgan fingerprint density at radius 2 is 1.50 bits per heavy atom. The molecule has 1 aliphatic heterocycles. The van der Waals surface area contributed by atoms with Crippen LogP contribution in [0.25, 0.3) is 6.08 Å². The van der Waals surface area contributed by atoms with Crippen LogP contribution >= 0.6 is 0 Å². The lowest BCUT2D eigenvalue weighted by atomic mass is 9.99. The number of aliphatic hydroxyl groups excluding tert-OH is 3. The summed E-state index contributed by atoms with van der Waals surface area (Å²) in [6.07, 6.45) is -4.46. The molecule has 1 aliphatic rings. The molecule has 0 aromatic heterocycles. The Balaban J connectivity index is 1.57. The molecular formula is C21H22O9. The van der Waals surface area contributed by atoms with Crippen molar-refractivity contribution in [3.63, 3.8) is 0 Å². The van der Waals surface area contributed by atoms with Crippen molar-refractivity contribution in [3.8, 4) is 17.2 Å². The Hall–Kier alpha value is -3.11. The molecule has 0 bridgehead atoms. The first kappa shape index (κ1) is 21.6. The predicted molar refractivity (Wildman–Crippen MR) is 104 cm³/mol. The van der Waals surface area contributed by atoms with Crippen LogP contribution in [-0.4, -0.2) is 68.8 Å². The van der Waals surface area contributed by atoms with Crippen molar-refractivity contribution in [2.75, 3.05) is 6.61 Å². The topological polar surface area (TPSA) is 146 Å². The number of hydrogen-bond donors (Lipinski definition) is 5.